The summed E-state index contributed by atoms with van der Waals surface area (Å²) >= 11 is 0. The van der Waals surface area contributed by atoms with Crippen LogP contribution >= 0.6 is 0 Å². The van der Waals surface area contributed by atoms with Crippen LogP contribution in [0.15, 0.2) is 24.3 Å². The van der Waals surface area contributed by atoms with Crippen LogP contribution in [0.1, 0.15) is 162 Å². The van der Waals surface area contributed by atoms with E-state index in [1.165, 1.54) is 148 Å². The fraction of sp³-hybridized carbons (Fsp3) is 0.895. The van der Waals surface area contributed by atoms with Crippen LogP contribution in [0.3, 0.4) is 0 Å². The molecule has 40 heavy (non-hydrogen) atoms. The Hall–Kier alpha value is -0.600. The minimum atomic E-state index is 0.295. The molecule has 234 valence electrons. The third-order valence-electron chi connectivity index (χ3n) is 10.4. The van der Waals surface area contributed by atoms with Crippen molar-refractivity contribution in [3.8, 4) is 0 Å². The number of ether oxygens (including phenoxy) is 2. The van der Waals surface area contributed by atoms with Crippen molar-refractivity contribution in [2.75, 3.05) is 27.4 Å². The van der Waals surface area contributed by atoms with E-state index in [0.29, 0.717) is 17.3 Å². The number of allylic oxidation sites excluding steroid dienone is 4. The Balaban J connectivity index is 2.21. The summed E-state index contributed by atoms with van der Waals surface area (Å²) in [6.07, 6.45) is 42.4. The van der Waals surface area contributed by atoms with Gasteiger partial charge in [0.15, 0.2) is 0 Å². The van der Waals surface area contributed by atoms with Gasteiger partial charge < -0.3 is 9.47 Å². The van der Waals surface area contributed by atoms with Crippen LogP contribution in [0.5, 0.6) is 0 Å². The second kappa shape index (κ2) is 22.9. The maximum absolute atomic E-state index is 5.96. The van der Waals surface area contributed by atoms with Gasteiger partial charge in [0.2, 0.25) is 0 Å². The van der Waals surface area contributed by atoms with Crippen molar-refractivity contribution in [1.29, 1.82) is 0 Å². The monoisotopic (exact) mass is 559 g/mol. The van der Waals surface area contributed by atoms with Gasteiger partial charge in [-0.2, -0.15) is 0 Å². The van der Waals surface area contributed by atoms with E-state index in [9.17, 15) is 0 Å². The maximum Gasteiger partial charge on any atom is 0.0499 e. The van der Waals surface area contributed by atoms with Crippen LogP contribution in [0.2, 0.25) is 0 Å². The Morgan fingerprint density at radius 2 is 1.40 bits per heavy atom. The van der Waals surface area contributed by atoms with E-state index in [-0.39, 0.29) is 0 Å². The van der Waals surface area contributed by atoms with E-state index in [2.05, 4.69) is 38.2 Å². The molecule has 0 heterocycles. The summed E-state index contributed by atoms with van der Waals surface area (Å²) in [5.41, 5.74) is 0.295. The lowest BCUT2D eigenvalue weighted by Gasteiger charge is -2.52. The molecule has 2 heteroatoms. The molecule has 1 saturated carbocycles. The summed E-state index contributed by atoms with van der Waals surface area (Å²) in [7, 11) is 3.76. The first-order chi connectivity index (χ1) is 19.7. The van der Waals surface area contributed by atoms with Gasteiger partial charge >= 0.3 is 0 Å². The highest BCUT2D eigenvalue weighted by molar-refractivity contribution is 5.19. The SMILES string of the molecule is CCCCCCC1C=CC2(CCCCCCC2COC)C(/C=C\CCCCCCCCOC)C1CCCCCC. The molecule has 0 radical (unpaired) electrons. The van der Waals surface area contributed by atoms with Gasteiger partial charge in [0.05, 0.1) is 0 Å². The number of rotatable bonds is 22. The Morgan fingerprint density at radius 3 is 2.12 bits per heavy atom. The van der Waals surface area contributed by atoms with Crippen molar-refractivity contribution in [3.05, 3.63) is 24.3 Å². The van der Waals surface area contributed by atoms with Gasteiger partial charge in [-0.3, -0.25) is 0 Å². The first kappa shape index (κ1) is 35.6. The van der Waals surface area contributed by atoms with Crippen LogP contribution in [0.4, 0.5) is 0 Å². The number of unbranched alkanes of at least 4 members (excludes halogenated alkanes) is 12. The third kappa shape index (κ3) is 12.7. The topological polar surface area (TPSA) is 18.5 Å². The minimum absolute atomic E-state index is 0.295. The lowest BCUT2D eigenvalue weighted by molar-refractivity contribution is 0.00485. The van der Waals surface area contributed by atoms with Crippen molar-refractivity contribution in [3.63, 3.8) is 0 Å². The second-order valence-electron chi connectivity index (χ2n) is 13.5. The normalized spacial score (nSPS) is 27.4. The molecule has 2 aliphatic carbocycles. The van der Waals surface area contributed by atoms with E-state index in [1.807, 2.05) is 14.2 Å². The standard InChI is InChI=1S/C38H70O2/c1-5-7-9-19-25-34-29-31-38(30-23-17-16-20-26-35(38)33-40-4)37(36(34)27-21-10-8-6-2)28-22-15-13-11-12-14-18-24-32-39-3/h22,28-29,31,34-37H,5-21,23-27,30,32-33H2,1-4H3/b28-22-. The van der Waals surface area contributed by atoms with Gasteiger partial charge in [-0.15, -0.1) is 0 Å². The van der Waals surface area contributed by atoms with E-state index < -0.39 is 0 Å². The lowest BCUT2D eigenvalue weighted by atomic mass is 9.53. The lowest BCUT2D eigenvalue weighted by Crippen LogP contribution is -2.46. The number of hydrogen-bond donors (Lipinski definition) is 0. The molecule has 0 aliphatic heterocycles. The Morgan fingerprint density at radius 1 is 0.725 bits per heavy atom. The summed E-state index contributed by atoms with van der Waals surface area (Å²) in [5, 5.41) is 0. The van der Waals surface area contributed by atoms with Gasteiger partial charge in [-0.05, 0) is 74.0 Å². The summed E-state index contributed by atoms with van der Waals surface area (Å²) in [5.74, 6) is 2.91. The third-order valence-corrected chi connectivity index (χ3v) is 10.4. The summed E-state index contributed by atoms with van der Waals surface area (Å²) in [6.45, 7) is 6.54. The van der Waals surface area contributed by atoms with Gasteiger partial charge in [0.25, 0.3) is 0 Å². The zero-order valence-electron chi connectivity index (χ0n) is 27.6. The van der Waals surface area contributed by atoms with E-state index >= 15 is 0 Å². The molecular formula is C38H70O2. The van der Waals surface area contributed by atoms with E-state index in [0.717, 1.165) is 25.0 Å². The van der Waals surface area contributed by atoms with Crippen LogP contribution in [0, 0.1) is 29.1 Å². The molecule has 0 aromatic rings. The molecule has 0 saturated heterocycles. The predicted octanol–water partition coefficient (Wildman–Crippen LogP) is 11.9. The Labute approximate surface area is 251 Å². The van der Waals surface area contributed by atoms with Crippen LogP contribution in [-0.2, 0) is 9.47 Å². The molecule has 0 amide bonds. The van der Waals surface area contributed by atoms with Crippen molar-refractivity contribution >= 4 is 0 Å². The molecule has 0 aromatic heterocycles. The van der Waals surface area contributed by atoms with E-state index in [4.69, 9.17) is 9.47 Å². The predicted molar refractivity (Wildman–Crippen MR) is 176 cm³/mol. The van der Waals surface area contributed by atoms with Crippen molar-refractivity contribution < 1.29 is 9.47 Å². The van der Waals surface area contributed by atoms with Gasteiger partial charge in [-0.25, -0.2) is 0 Å². The molecule has 2 rings (SSSR count). The van der Waals surface area contributed by atoms with E-state index in [1.54, 1.807) is 0 Å². The highest BCUT2D eigenvalue weighted by atomic mass is 16.5. The summed E-state index contributed by atoms with van der Waals surface area (Å²) in [6, 6.07) is 0. The molecule has 5 atom stereocenters. The first-order valence-corrected chi connectivity index (χ1v) is 18.1. The first-order valence-electron chi connectivity index (χ1n) is 18.1. The molecule has 0 N–H and O–H groups in total. The molecule has 0 aromatic carbocycles. The molecule has 2 aliphatic rings. The quantitative estimate of drug-likeness (QED) is 0.0971. The highest BCUT2D eigenvalue weighted by Gasteiger charge is 2.48. The minimum Gasteiger partial charge on any atom is -0.385 e. The second-order valence-corrected chi connectivity index (χ2v) is 13.5. The molecule has 1 spiro atoms. The fourth-order valence-electron chi connectivity index (χ4n) is 8.07. The van der Waals surface area contributed by atoms with Gasteiger partial charge in [0, 0.05) is 27.4 Å². The van der Waals surface area contributed by atoms with Crippen LogP contribution in [-0.4, -0.2) is 27.4 Å². The Bertz CT molecular complexity index is 639. The average Bonchev–Trinajstić information content (AvgIpc) is 2.95. The summed E-state index contributed by atoms with van der Waals surface area (Å²) < 4.78 is 11.2. The van der Waals surface area contributed by atoms with Crippen molar-refractivity contribution in [2.45, 2.75) is 162 Å². The zero-order chi connectivity index (χ0) is 28.7. The van der Waals surface area contributed by atoms with Crippen LogP contribution in [0.25, 0.3) is 0 Å². The average molecular weight is 559 g/mol. The summed E-state index contributed by atoms with van der Waals surface area (Å²) in [4.78, 5) is 0. The van der Waals surface area contributed by atoms with Gasteiger partial charge in [-0.1, -0.05) is 141 Å². The maximum atomic E-state index is 5.96. The molecular weight excluding hydrogens is 488 g/mol. The molecule has 0 bridgehead atoms. The molecule has 5 unspecified atom stereocenters. The number of hydrogen-bond acceptors (Lipinski definition) is 2. The van der Waals surface area contributed by atoms with Crippen molar-refractivity contribution in [1.82, 2.24) is 0 Å². The molecule has 1 fully saturated rings. The number of methoxy groups -OCH3 is 2. The van der Waals surface area contributed by atoms with Crippen molar-refractivity contribution in [2.24, 2.45) is 29.1 Å². The molecule has 2 nitrogen and oxygen atoms in total. The van der Waals surface area contributed by atoms with Crippen LogP contribution < -0.4 is 0 Å². The smallest absolute Gasteiger partial charge is 0.0499 e. The largest absolute Gasteiger partial charge is 0.385 e. The fourth-order valence-corrected chi connectivity index (χ4v) is 8.07. The highest BCUT2D eigenvalue weighted by Crippen LogP contribution is 2.55. The van der Waals surface area contributed by atoms with Gasteiger partial charge in [0.1, 0.15) is 0 Å². The zero-order valence-corrected chi connectivity index (χ0v) is 27.6. The Kier molecular flexibility index (Phi) is 20.4.